The molecule has 11 heteroatoms. The van der Waals surface area contributed by atoms with Gasteiger partial charge in [0.25, 0.3) is 11.8 Å². The SMILES string of the molecule is NC(=O)c1cccnc1OC1CCC(N2C(=O)NC(CCC(F)(F)F)C2=O)CC1. The summed E-state index contributed by atoms with van der Waals surface area (Å²) >= 11 is 0. The van der Waals surface area contributed by atoms with Gasteiger partial charge in [-0.05, 0) is 44.2 Å². The molecular formula is C18H21F3N4O4. The maximum atomic E-state index is 12.4. The lowest BCUT2D eigenvalue weighted by Crippen LogP contribution is -2.44. The summed E-state index contributed by atoms with van der Waals surface area (Å²) < 4.78 is 43.0. The van der Waals surface area contributed by atoms with Crippen molar-refractivity contribution in [3.63, 3.8) is 0 Å². The first-order valence-electron chi connectivity index (χ1n) is 9.27. The number of amides is 4. The molecule has 1 aliphatic carbocycles. The van der Waals surface area contributed by atoms with E-state index in [-0.39, 0.29) is 17.5 Å². The van der Waals surface area contributed by atoms with Gasteiger partial charge in [-0.3, -0.25) is 14.5 Å². The Balaban J connectivity index is 1.56. The van der Waals surface area contributed by atoms with Crippen LogP contribution in [0.5, 0.6) is 5.88 Å². The largest absolute Gasteiger partial charge is 0.474 e. The van der Waals surface area contributed by atoms with Crippen molar-refractivity contribution in [3.05, 3.63) is 23.9 Å². The van der Waals surface area contributed by atoms with Crippen molar-refractivity contribution >= 4 is 17.8 Å². The van der Waals surface area contributed by atoms with Crippen LogP contribution in [0, 0.1) is 0 Å². The Labute approximate surface area is 164 Å². The van der Waals surface area contributed by atoms with E-state index in [0.717, 1.165) is 4.90 Å². The second kappa shape index (κ2) is 8.26. The highest BCUT2D eigenvalue weighted by Crippen LogP contribution is 2.30. The van der Waals surface area contributed by atoms with Gasteiger partial charge in [-0.1, -0.05) is 0 Å². The number of carbonyl (C=O) groups excluding carboxylic acids is 3. The molecule has 4 amide bonds. The molecule has 8 nitrogen and oxygen atoms in total. The molecular weight excluding hydrogens is 393 g/mol. The standard InChI is InChI=1S/C18H21F3N4O4/c19-18(20,21)8-7-13-16(27)25(17(28)24-13)10-3-5-11(6-4-10)29-15-12(14(22)26)2-1-9-23-15/h1-2,9-11,13H,3-8H2,(H2,22,26)(H,24,28). The summed E-state index contributed by atoms with van der Waals surface area (Å²) in [5.41, 5.74) is 5.46. The minimum absolute atomic E-state index is 0.130. The molecule has 2 fully saturated rings. The van der Waals surface area contributed by atoms with Crippen LogP contribution < -0.4 is 15.8 Å². The van der Waals surface area contributed by atoms with Crippen molar-refractivity contribution in [1.29, 1.82) is 0 Å². The lowest BCUT2D eigenvalue weighted by Gasteiger charge is -2.33. The van der Waals surface area contributed by atoms with Crippen LogP contribution in [-0.4, -0.2) is 52.1 Å². The molecule has 29 heavy (non-hydrogen) atoms. The fourth-order valence-corrected chi connectivity index (χ4v) is 3.65. The molecule has 1 aromatic heterocycles. The summed E-state index contributed by atoms with van der Waals surface area (Å²) in [6.45, 7) is 0. The van der Waals surface area contributed by atoms with E-state index in [2.05, 4.69) is 10.3 Å². The average molecular weight is 414 g/mol. The molecule has 158 valence electrons. The molecule has 2 aliphatic rings. The number of hydrogen-bond donors (Lipinski definition) is 2. The first-order valence-corrected chi connectivity index (χ1v) is 9.27. The topological polar surface area (TPSA) is 115 Å². The zero-order valence-corrected chi connectivity index (χ0v) is 15.4. The van der Waals surface area contributed by atoms with Crippen molar-refractivity contribution in [2.45, 2.75) is 62.9 Å². The first-order chi connectivity index (χ1) is 13.7. The number of alkyl halides is 3. The van der Waals surface area contributed by atoms with E-state index in [1.165, 1.54) is 12.3 Å². The lowest BCUT2D eigenvalue weighted by atomic mass is 9.91. The molecule has 1 aromatic rings. The third-order valence-corrected chi connectivity index (χ3v) is 5.09. The van der Waals surface area contributed by atoms with Gasteiger partial charge in [0.15, 0.2) is 0 Å². The van der Waals surface area contributed by atoms with Crippen molar-refractivity contribution in [2.24, 2.45) is 5.73 Å². The summed E-state index contributed by atoms with van der Waals surface area (Å²) in [5.74, 6) is -1.15. The fraction of sp³-hybridized carbons (Fsp3) is 0.556. The number of nitrogens with zero attached hydrogens (tertiary/aromatic N) is 2. The number of pyridine rings is 1. The highest BCUT2D eigenvalue weighted by molar-refractivity contribution is 6.04. The summed E-state index contributed by atoms with van der Waals surface area (Å²) in [7, 11) is 0. The van der Waals surface area contributed by atoms with E-state index in [0.29, 0.717) is 25.7 Å². The smallest absolute Gasteiger partial charge is 0.389 e. The molecule has 1 saturated heterocycles. The highest BCUT2D eigenvalue weighted by atomic mass is 19.4. The summed E-state index contributed by atoms with van der Waals surface area (Å²) in [4.78, 5) is 41.0. The van der Waals surface area contributed by atoms with Gasteiger partial charge in [0, 0.05) is 18.7 Å². The average Bonchev–Trinajstić information content (AvgIpc) is 2.94. The second-order valence-electron chi connectivity index (χ2n) is 7.13. The second-order valence-corrected chi connectivity index (χ2v) is 7.13. The minimum Gasteiger partial charge on any atom is -0.474 e. The molecule has 2 heterocycles. The van der Waals surface area contributed by atoms with Gasteiger partial charge in [-0.25, -0.2) is 9.78 Å². The van der Waals surface area contributed by atoms with E-state index in [1.54, 1.807) is 6.07 Å². The van der Waals surface area contributed by atoms with Gasteiger partial charge in [-0.15, -0.1) is 0 Å². The zero-order chi connectivity index (χ0) is 21.2. The van der Waals surface area contributed by atoms with Crippen LogP contribution in [0.3, 0.4) is 0 Å². The number of halogens is 3. The van der Waals surface area contributed by atoms with Crippen molar-refractivity contribution < 1.29 is 32.3 Å². The van der Waals surface area contributed by atoms with Gasteiger partial charge in [0.05, 0.1) is 0 Å². The number of rotatable bonds is 6. The summed E-state index contributed by atoms with van der Waals surface area (Å²) in [5, 5.41) is 2.34. The molecule has 0 aromatic carbocycles. The molecule has 1 saturated carbocycles. The Morgan fingerprint density at radius 3 is 2.59 bits per heavy atom. The van der Waals surface area contributed by atoms with Gasteiger partial charge in [0.1, 0.15) is 17.7 Å². The maximum Gasteiger partial charge on any atom is 0.389 e. The minimum atomic E-state index is -4.39. The van der Waals surface area contributed by atoms with Gasteiger partial charge < -0.3 is 15.8 Å². The Bertz CT molecular complexity index is 794. The number of imide groups is 1. The first kappa shape index (κ1) is 20.9. The molecule has 3 N–H and O–H groups in total. The molecule has 1 atom stereocenters. The molecule has 3 rings (SSSR count). The predicted molar refractivity (Wildman–Crippen MR) is 93.9 cm³/mol. The van der Waals surface area contributed by atoms with Crippen molar-refractivity contribution in [3.8, 4) is 5.88 Å². The highest BCUT2D eigenvalue weighted by Gasteiger charge is 2.44. The molecule has 0 bridgehead atoms. The van der Waals surface area contributed by atoms with E-state index < -0.39 is 48.9 Å². The quantitative estimate of drug-likeness (QED) is 0.692. The number of primary amides is 1. The molecule has 1 aliphatic heterocycles. The molecule has 0 radical (unpaired) electrons. The third kappa shape index (κ3) is 4.96. The Morgan fingerprint density at radius 1 is 1.28 bits per heavy atom. The summed E-state index contributed by atoms with van der Waals surface area (Å²) in [6, 6.07) is 0.857. The van der Waals surface area contributed by atoms with Crippen LogP contribution in [0.15, 0.2) is 18.3 Å². The van der Waals surface area contributed by atoms with Gasteiger partial charge >= 0.3 is 12.2 Å². The van der Waals surface area contributed by atoms with Crippen LogP contribution in [-0.2, 0) is 4.79 Å². The van der Waals surface area contributed by atoms with E-state index in [9.17, 15) is 27.6 Å². The number of nitrogens with one attached hydrogen (secondary N) is 1. The monoisotopic (exact) mass is 414 g/mol. The lowest BCUT2D eigenvalue weighted by molar-refractivity contribution is -0.140. The predicted octanol–water partition coefficient (Wildman–Crippen LogP) is 2.13. The number of ether oxygens (including phenoxy) is 1. The number of carbonyl (C=O) groups is 3. The van der Waals surface area contributed by atoms with Crippen molar-refractivity contribution in [2.75, 3.05) is 0 Å². The van der Waals surface area contributed by atoms with Crippen LogP contribution in [0.2, 0.25) is 0 Å². The van der Waals surface area contributed by atoms with Crippen LogP contribution >= 0.6 is 0 Å². The van der Waals surface area contributed by atoms with Crippen molar-refractivity contribution in [1.82, 2.24) is 15.2 Å². The Kier molecular flexibility index (Phi) is 5.94. The van der Waals surface area contributed by atoms with E-state index in [4.69, 9.17) is 10.5 Å². The van der Waals surface area contributed by atoms with E-state index >= 15 is 0 Å². The number of nitrogens with two attached hydrogens (primary N) is 1. The number of urea groups is 1. The van der Waals surface area contributed by atoms with Crippen LogP contribution in [0.1, 0.15) is 48.9 Å². The van der Waals surface area contributed by atoms with Gasteiger partial charge in [0.2, 0.25) is 5.88 Å². The third-order valence-electron chi connectivity index (χ3n) is 5.09. The molecule has 0 spiro atoms. The maximum absolute atomic E-state index is 12.4. The van der Waals surface area contributed by atoms with Crippen LogP contribution in [0.4, 0.5) is 18.0 Å². The normalized spacial score (nSPS) is 25.1. The Morgan fingerprint density at radius 2 is 1.97 bits per heavy atom. The fourth-order valence-electron chi connectivity index (χ4n) is 3.65. The summed E-state index contributed by atoms with van der Waals surface area (Å²) in [6.07, 6.45) is -2.94. The van der Waals surface area contributed by atoms with Gasteiger partial charge in [-0.2, -0.15) is 13.2 Å². The van der Waals surface area contributed by atoms with E-state index in [1.807, 2.05) is 0 Å². The zero-order valence-electron chi connectivity index (χ0n) is 15.4. The van der Waals surface area contributed by atoms with Crippen LogP contribution in [0.25, 0.3) is 0 Å². The Hall–Kier alpha value is -2.85. The molecule has 1 unspecified atom stereocenters. The number of aromatic nitrogens is 1. The number of hydrogen-bond acceptors (Lipinski definition) is 5.